The largest absolute Gasteiger partial charge is 0.492 e. The van der Waals surface area contributed by atoms with Crippen molar-refractivity contribution >= 4 is 85.4 Å². The summed E-state index contributed by atoms with van der Waals surface area (Å²) in [4.78, 5) is 45.6. The molecule has 3 aromatic heterocycles. The fourth-order valence-corrected chi connectivity index (χ4v) is 15.5. The van der Waals surface area contributed by atoms with E-state index in [9.17, 15) is 27.6 Å². The highest BCUT2D eigenvalue weighted by Gasteiger charge is 2.47. The van der Waals surface area contributed by atoms with Crippen LogP contribution >= 0.6 is 57.5 Å². The number of amides is 3. The summed E-state index contributed by atoms with van der Waals surface area (Å²) in [5.41, 5.74) is 25.2. The topological polar surface area (TPSA) is 184 Å². The van der Waals surface area contributed by atoms with E-state index in [2.05, 4.69) is 50.1 Å². The Bertz CT molecular complexity index is 3700. The van der Waals surface area contributed by atoms with E-state index in [0.29, 0.717) is 84.6 Å². The third-order valence-corrected chi connectivity index (χ3v) is 21.8. The molecule has 0 saturated carbocycles. The monoisotopic (exact) mass is 1260 g/mol. The van der Waals surface area contributed by atoms with Crippen molar-refractivity contribution in [2.75, 3.05) is 59.1 Å². The molecule has 7 aromatic rings. The van der Waals surface area contributed by atoms with Gasteiger partial charge >= 0.3 is 6.18 Å². The van der Waals surface area contributed by atoms with E-state index in [-0.39, 0.29) is 54.8 Å². The van der Waals surface area contributed by atoms with E-state index in [1.807, 2.05) is 64.4 Å². The number of rotatable bonds is 6. The first-order valence-electron chi connectivity index (χ1n) is 28.5. The van der Waals surface area contributed by atoms with Gasteiger partial charge < -0.3 is 46.1 Å². The first-order valence-corrected chi connectivity index (χ1v) is 31.3. The molecular formula is C63H68Cl3F3N8O6S2. The molecule has 3 amide bonds. The van der Waals surface area contributed by atoms with Crippen LogP contribution in [0.4, 0.5) is 13.2 Å². The lowest BCUT2D eigenvalue weighted by Crippen LogP contribution is -2.46. The fraction of sp³-hybridized carbons (Fsp3) is 0.429. The van der Waals surface area contributed by atoms with Crippen molar-refractivity contribution in [2.45, 2.75) is 107 Å². The number of thiophene rings is 2. The van der Waals surface area contributed by atoms with E-state index in [0.717, 1.165) is 119 Å². The molecule has 3 saturated heterocycles. The smallest absolute Gasteiger partial charge is 0.435 e. The normalized spacial score (nSPS) is 18.0. The fourth-order valence-electron chi connectivity index (χ4n) is 12.7. The van der Waals surface area contributed by atoms with Gasteiger partial charge in [0, 0.05) is 110 Å². The summed E-state index contributed by atoms with van der Waals surface area (Å²) in [6.07, 6.45) is 0.447. The molecule has 6 aliphatic heterocycles. The summed E-state index contributed by atoms with van der Waals surface area (Å²) in [5, 5.41) is 4.05. The van der Waals surface area contributed by atoms with E-state index in [1.54, 1.807) is 4.90 Å². The number of ether oxygens (including phenoxy) is 3. The number of aromatic nitrogens is 2. The lowest BCUT2D eigenvalue weighted by Gasteiger charge is -2.38. The van der Waals surface area contributed by atoms with Crippen LogP contribution in [0, 0.1) is 0 Å². The Hall–Kier alpha value is -5.90. The number of halogens is 6. The zero-order valence-electron chi connectivity index (χ0n) is 47.8. The van der Waals surface area contributed by atoms with Crippen molar-refractivity contribution in [1.82, 2.24) is 24.5 Å². The average molecular weight is 1260 g/mol. The third kappa shape index (κ3) is 11.6. The van der Waals surface area contributed by atoms with Gasteiger partial charge in [0.15, 0.2) is 5.69 Å². The quantitative estimate of drug-likeness (QED) is 0.145. The molecule has 3 fully saturated rings. The molecule has 3 spiro atoms. The Morgan fingerprint density at radius 3 is 1.42 bits per heavy atom. The SMILES string of the molecule is CC(C)(C)c1cccc(C(=O)N2CCC3(CC2)COc2ccc(CN)cc23)c1.Cn1nc(C(F)(F)F)c2cc(C(=O)N3CCC4(CC3)COc3ccc(CN)cc34)sc21.NCc1ccc2c(c1)C1(CCN(C(=O)c3sc(Cl)c(Cl)c3Cl)CC1)CO2. The van der Waals surface area contributed by atoms with E-state index < -0.39 is 11.9 Å². The zero-order valence-corrected chi connectivity index (χ0v) is 51.7. The molecule has 13 rings (SSSR count). The van der Waals surface area contributed by atoms with E-state index in [1.165, 1.54) is 34.5 Å². The third-order valence-electron chi connectivity index (χ3n) is 18.0. The number of carbonyl (C=O) groups is 3. The lowest BCUT2D eigenvalue weighted by molar-refractivity contribution is -0.140. The Kier molecular flexibility index (Phi) is 16.9. The summed E-state index contributed by atoms with van der Waals surface area (Å²) in [6, 6.07) is 27.8. The molecule has 85 heavy (non-hydrogen) atoms. The number of nitrogens with zero attached hydrogens (tertiary/aromatic N) is 5. The van der Waals surface area contributed by atoms with Crippen molar-refractivity contribution in [1.29, 1.82) is 0 Å². The van der Waals surface area contributed by atoms with Crippen LogP contribution in [0.1, 0.15) is 134 Å². The highest BCUT2D eigenvalue weighted by atomic mass is 35.5. The number of fused-ring (bicyclic) bond motifs is 7. The molecule has 0 atom stereocenters. The van der Waals surface area contributed by atoms with Gasteiger partial charge in [0.1, 0.15) is 31.3 Å². The number of hydrogen-bond acceptors (Lipinski definition) is 12. The van der Waals surface area contributed by atoms with Crippen molar-refractivity contribution in [3.8, 4) is 17.2 Å². The minimum absolute atomic E-state index is 0.0184. The predicted molar refractivity (Wildman–Crippen MR) is 328 cm³/mol. The minimum atomic E-state index is -4.56. The highest BCUT2D eigenvalue weighted by molar-refractivity contribution is 7.20. The molecule has 14 nitrogen and oxygen atoms in total. The standard InChI is InChI=1S/C24H30N2O2.C21H21F3N4O2S.C18H17Cl3N2O2S/c1-23(2,3)19-6-4-5-18(14-19)22(27)26-11-9-24(10-12-26)16-28-21-8-7-17(15-25)13-20(21)24;1-27-19-13(17(26-27)21(22,23)24)9-16(31-19)18(29)28-6-4-20(5-7-28)11-30-15-3-2-12(10-25)8-14(15)20;19-13-14(20)16(21)26-15(13)17(24)23-5-3-18(4-6-23)9-25-12-2-1-10(8-22)7-11(12)18/h4-8,13-14H,9-12,15-16,25H2,1-3H3;2-3,8-9H,4-7,10-11,25H2,1H3;1-2,7H,3-6,8-9,22H2. The predicted octanol–water partition coefficient (Wildman–Crippen LogP) is 12.4. The second-order valence-corrected chi connectivity index (χ2v) is 27.6. The van der Waals surface area contributed by atoms with Crippen molar-refractivity contribution in [2.24, 2.45) is 24.2 Å². The number of likely N-dealkylation sites (tertiary alicyclic amines) is 3. The van der Waals surface area contributed by atoms with Crippen LogP contribution in [-0.4, -0.2) is 101 Å². The van der Waals surface area contributed by atoms with Gasteiger partial charge in [0.05, 0.1) is 34.7 Å². The second-order valence-electron chi connectivity index (χ2n) is 24.2. The van der Waals surface area contributed by atoms with Crippen LogP contribution in [0.2, 0.25) is 14.4 Å². The summed E-state index contributed by atoms with van der Waals surface area (Å²) < 4.78 is 59.1. The zero-order chi connectivity index (χ0) is 60.4. The van der Waals surface area contributed by atoms with Gasteiger partial charge in [-0.3, -0.25) is 19.1 Å². The molecule has 6 aliphatic rings. The van der Waals surface area contributed by atoms with Gasteiger partial charge in [-0.1, -0.05) is 104 Å². The van der Waals surface area contributed by atoms with E-state index >= 15 is 0 Å². The van der Waals surface area contributed by atoms with Crippen LogP contribution in [0.5, 0.6) is 17.2 Å². The first-order chi connectivity index (χ1) is 40.5. The minimum Gasteiger partial charge on any atom is -0.492 e. The van der Waals surface area contributed by atoms with Crippen LogP contribution in [0.25, 0.3) is 10.2 Å². The van der Waals surface area contributed by atoms with Crippen molar-refractivity contribution < 1.29 is 41.8 Å². The highest BCUT2D eigenvalue weighted by Crippen LogP contribution is 2.50. The summed E-state index contributed by atoms with van der Waals surface area (Å²) in [5.74, 6) is 2.57. The Balaban J connectivity index is 0.000000133. The molecule has 0 bridgehead atoms. The summed E-state index contributed by atoms with van der Waals surface area (Å²) in [6.45, 7) is 13.8. The Morgan fingerprint density at radius 1 is 0.588 bits per heavy atom. The average Bonchev–Trinajstić information content (AvgIpc) is 2.73. The molecule has 0 aliphatic carbocycles. The molecular weight excluding hydrogens is 1190 g/mol. The van der Waals surface area contributed by atoms with Crippen LogP contribution < -0.4 is 31.4 Å². The number of piperidine rings is 3. The molecule has 4 aromatic carbocycles. The van der Waals surface area contributed by atoms with Crippen molar-refractivity contribution in [3.63, 3.8) is 0 Å². The maximum absolute atomic E-state index is 13.3. The molecule has 9 heterocycles. The van der Waals surface area contributed by atoms with Crippen LogP contribution in [0.15, 0.2) is 84.9 Å². The van der Waals surface area contributed by atoms with Crippen LogP contribution in [0.3, 0.4) is 0 Å². The summed E-state index contributed by atoms with van der Waals surface area (Å²) in [7, 11) is 1.46. The number of benzene rings is 4. The second kappa shape index (κ2) is 23.7. The van der Waals surface area contributed by atoms with E-state index in [4.69, 9.17) is 66.2 Å². The molecule has 6 N–H and O–H groups in total. The molecule has 0 unspecified atom stereocenters. The maximum Gasteiger partial charge on any atom is 0.435 e. The Morgan fingerprint density at radius 2 is 1.02 bits per heavy atom. The van der Waals surface area contributed by atoms with Gasteiger partial charge in [-0.05, 0) is 103 Å². The number of alkyl halides is 3. The number of hydrogen-bond donors (Lipinski definition) is 3. The number of aryl methyl sites for hydroxylation is 1. The first kappa shape index (κ1) is 60.8. The Labute approximate surface area is 515 Å². The molecule has 22 heteroatoms. The van der Waals surface area contributed by atoms with Crippen LogP contribution in [-0.2, 0) is 54.5 Å². The maximum atomic E-state index is 13.3. The molecule has 450 valence electrons. The number of nitrogens with two attached hydrogens (primary N) is 3. The van der Waals surface area contributed by atoms with Crippen molar-refractivity contribution in [3.05, 3.63) is 159 Å². The summed E-state index contributed by atoms with van der Waals surface area (Å²) >= 11 is 20.4. The molecule has 0 radical (unpaired) electrons. The van der Waals surface area contributed by atoms with Gasteiger partial charge in [0.25, 0.3) is 17.7 Å². The van der Waals surface area contributed by atoms with Gasteiger partial charge in [-0.2, -0.15) is 18.3 Å². The van der Waals surface area contributed by atoms with Gasteiger partial charge in [-0.25, -0.2) is 0 Å². The lowest BCUT2D eigenvalue weighted by atomic mass is 9.74. The van der Waals surface area contributed by atoms with Gasteiger partial charge in [-0.15, -0.1) is 22.7 Å². The number of carbonyl (C=O) groups excluding carboxylic acids is 3. The van der Waals surface area contributed by atoms with Gasteiger partial charge in [0.2, 0.25) is 0 Å².